The van der Waals surface area contributed by atoms with Gasteiger partial charge in [0.05, 0.1) is 13.7 Å². The van der Waals surface area contributed by atoms with Crippen molar-refractivity contribution in [3.05, 3.63) is 53.0 Å². The highest BCUT2D eigenvalue weighted by Crippen LogP contribution is 2.41. The number of ether oxygens (including phenoxy) is 2. The molecule has 0 heterocycles. The van der Waals surface area contributed by atoms with Gasteiger partial charge in [0.15, 0.2) is 5.78 Å². The largest absolute Gasteiger partial charge is 0.497 e. The number of halogens is 1. The van der Waals surface area contributed by atoms with E-state index >= 15 is 0 Å². The summed E-state index contributed by atoms with van der Waals surface area (Å²) in [7, 11) is 1.67. The van der Waals surface area contributed by atoms with E-state index in [0.717, 1.165) is 54.5 Å². The molecule has 1 aromatic carbocycles. The normalized spacial score (nSPS) is 19.8. The van der Waals surface area contributed by atoms with Crippen LogP contribution in [0.15, 0.2) is 47.5 Å². The molecule has 136 valence electrons. The van der Waals surface area contributed by atoms with Gasteiger partial charge in [-0.25, -0.2) is 0 Å². The van der Waals surface area contributed by atoms with Gasteiger partial charge in [0.1, 0.15) is 5.75 Å². The Morgan fingerprint density at radius 2 is 2.04 bits per heavy atom. The second-order valence-electron chi connectivity index (χ2n) is 6.71. The lowest BCUT2D eigenvalue weighted by Gasteiger charge is -2.33. The molecule has 0 saturated heterocycles. The van der Waals surface area contributed by atoms with Crippen LogP contribution in [0.25, 0.3) is 0 Å². The third-order valence-electron chi connectivity index (χ3n) is 4.68. The van der Waals surface area contributed by atoms with Gasteiger partial charge >= 0.3 is 0 Å². The predicted octanol–water partition coefficient (Wildman–Crippen LogP) is 5.59. The second-order valence-corrected chi connectivity index (χ2v) is 7.84. The van der Waals surface area contributed by atoms with E-state index in [9.17, 15) is 4.79 Å². The number of hydrogen-bond donors (Lipinski definition) is 0. The first kappa shape index (κ1) is 19.9. The number of carbonyl (C=O) groups excluding carboxylic acids is 1. The van der Waals surface area contributed by atoms with Crippen LogP contribution in [0.2, 0.25) is 0 Å². The van der Waals surface area contributed by atoms with Crippen molar-refractivity contribution in [2.45, 2.75) is 45.1 Å². The number of methoxy groups -OCH3 is 1. The van der Waals surface area contributed by atoms with E-state index in [1.54, 1.807) is 13.2 Å². The molecule has 0 N–H and O–H groups in total. The van der Waals surface area contributed by atoms with Gasteiger partial charge in [-0.05, 0) is 59.4 Å². The lowest BCUT2D eigenvalue weighted by molar-refractivity contribution is -0.115. The molecular weight excluding hydrogens is 380 g/mol. The van der Waals surface area contributed by atoms with Gasteiger partial charge < -0.3 is 9.47 Å². The Morgan fingerprint density at radius 3 is 2.64 bits per heavy atom. The van der Waals surface area contributed by atoms with Crippen LogP contribution < -0.4 is 4.74 Å². The minimum atomic E-state index is 0.0739. The average Bonchev–Trinajstić information content (AvgIpc) is 2.60. The monoisotopic (exact) mass is 406 g/mol. The summed E-state index contributed by atoms with van der Waals surface area (Å²) < 4.78 is 11.9. The molecular formula is C21H27BrO3. The van der Waals surface area contributed by atoms with Crippen LogP contribution in [0.5, 0.6) is 5.75 Å². The Kier molecular flexibility index (Phi) is 7.91. The van der Waals surface area contributed by atoms with Crippen LogP contribution in [0, 0.1) is 5.41 Å². The molecule has 0 bridgehead atoms. The molecule has 2 rings (SSSR count). The minimum Gasteiger partial charge on any atom is -0.497 e. The van der Waals surface area contributed by atoms with Crippen LogP contribution in [-0.2, 0) is 16.1 Å². The highest BCUT2D eigenvalue weighted by molar-refractivity contribution is 9.11. The number of carbonyl (C=O) groups is 1. The van der Waals surface area contributed by atoms with Gasteiger partial charge in [0.25, 0.3) is 0 Å². The molecule has 1 aromatic rings. The van der Waals surface area contributed by atoms with Crippen molar-refractivity contribution >= 4 is 21.7 Å². The Balaban J connectivity index is 1.70. The van der Waals surface area contributed by atoms with Crippen LogP contribution in [0.3, 0.4) is 0 Å². The van der Waals surface area contributed by atoms with E-state index in [4.69, 9.17) is 9.47 Å². The zero-order valence-corrected chi connectivity index (χ0v) is 16.5. The molecule has 1 aliphatic carbocycles. The lowest BCUT2D eigenvalue weighted by Crippen LogP contribution is -2.23. The third kappa shape index (κ3) is 6.79. The molecule has 1 unspecified atom stereocenters. The number of ketones is 1. The van der Waals surface area contributed by atoms with Crippen molar-refractivity contribution in [1.29, 1.82) is 0 Å². The highest BCUT2D eigenvalue weighted by atomic mass is 79.9. The molecule has 3 nitrogen and oxygen atoms in total. The molecule has 1 aliphatic rings. The third-order valence-corrected chi connectivity index (χ3v) is 4.96. The first-order chi connectivity index (χ1) is 12.0. The minimum absolute atomic E-state index is 0.0739. The molecule has 0 radical (unpaired) electrons. The fourth-order valence-corrected chi connectivity index (χ4v) is 3.79. The summed E-state index contributed by atoms with van der Waals surface area (Å²) in [6.45, 7) is 5.36. The number of hydrogen-bond acceptors (Lipinski definition) is 3. The lowest BCUT2D eigenvalue weighted by atomic mass is 9.72. The van der Waals surface area contributed by atoms with Gasteiger partial charge in [0, 0.05) is 13.0 Å². The van der Waals surface area contributed by atoms with Gasteiger partial charge in [0.2, 0.25) is 0 Å². The van der Waals surface area contributed by atoms with Crippen molar-refractivity contribution in [1.82, 2.24) is 0 Å². The van der Waals surface area contributed by atoms with Crippen LogP contribution in [-0.4, -0.2) is 19.5 Å². The standard InChI is InChI=1S/C21H27BrO3/c1-17(22)15-21(12-9-19(23)10-13-21)11-3-4-14-25-16-18-5-7-20(24-2)8-6-18/h5-9,12H,1,3-4,10-11,13-16H2,2H3. The zero-order valence-electron chi connectivity index (χ0n) is 14.9. The van der Waals surface area contributed by atoms with Gasteiger partial charge in [-0.2, -0.15) is 0 Å². The van der Waals surface area contributed by atoms with Gasteiger partial charge in [-0.1, -0.05) is 47.1 Å². The summed E-state index contributed by atoms with van der Waals surface area (Å²) in [5.41, 5.74) is 1.23. The number of rotatable bonds is 10. The van der Waals surface area contributed by atoms with E-state index in [1.165, 1.54) is 0 Å². The van der Waals surface area contributed by atoms with Crippen LogP contribution >= 0.6 is 15.9 Å². The van der Waals surface area contributed by atoms with Crippen molar-refractivity contribution in [2.24, 2.45) is 5.41 Å². The summed E-state index contributed by atoms with van der Waals surface area (Å²) in [4.78, 5) is 11.5. The first-order valence-electron chi connectivity index (χ1n) is 8.79. The Hall–Kier alpha value is -1.39. The van der Waals surface area contributed by atoms with Gasteiger partial charge in [-0.3, -0.25) is 4.79 Å². The van der Waals surface area contributed by atoms with Crippen LogP contribution in [0.1, 0.15) is 44.1 Å². The maximum absolute atomic E-state index is 11.5. The molecule has 1 atom stereocenters. The molecule has 0 aliphatic heterocycles. The quantitative estimate of drug-likeness (QED) is 0.475. The summed E-state index contributed by atoms with van der Waals surface area (Å²) >= 11 is 3.48. The van der Waals surface area contributed by atoms with E-state index in [1.807, 2.05) is 24.3 Å². The number of allylic oxidation sites excluding steroid dienone is 3. The second kappa shape index (κ2) is 9.93. The van der Waals surface area contributed by atoms with Crippen molar-refractivity contribution < 1.29 is 14.3 Å². The zero-order chi connectivity index (χ0) is 18.1. The van der Waals surface area contributed by atoms with E-state index in [0.29, 0.717) is 13.0 Å². The topological polar surface area (TPSA) is 35.5 Å². The fraction of sp³-hybridized carbons (Fsp3) is 0.476. The van der Waals surface area contributed by atoms with Gasteiger partial charge in [-0.15, -0.1) is 0 Å². The Morgan fingerprint density at radius 1 is 1.28 bits per heavy atom. The summed E-state index contributed by atoms with van der Waals surface area (Å²) in [5, 5.41) is 0. The highest BCUT2D eigenvalue weighted by Gasteiger charge is 2.30. The molecule has 4 heteroatoms. The molecule has 25 heavy (non-hydrogen) atoms. The Bertz CT molecular complexity index is 606. The molecule has 0 fully saturated rings. The average molecular weight is 407 g/mol. The Labute approximate surface area is 159 Å². The molecule has 0 amide bonds. The maximum atomic E-state index is 11.5. The number of benzene rings is 1. The van der Waals surface area contributed by atoms with Crippen molar-refractivity contribution in [3.63, 3.8) is 0 Å². The fourth-order valence-electron chi connectivity index (χ4n) is 3.23. The van der Waals surface area contributed by atoms with E-state index in [-0.39, 0.29) is 11.2 Å². The summed E-state index contributed by atoms with van der Waals surface area (Å²) in [6.07, 6.45) is 9.47. The van der Waals surface area contributed by atoms with E-state index < -0.39 is 0 Å². The van der Waals surface area contributed by atoms with Crippen molar-refractivity contribution in [3.8, 4) is 5.75 Å². The van der Waals surface area contributed by atoms with Crippen molar-refractivity contribution in [2.75, 3.05) is 13.7 Å². The molecule has 0 spiro atoms. The smallest absolute Gasteiger partial charge is 0.155 e. The first-order valence-corrected chi connectivity index (χ1v) is 9.58. The van der Waals surface area contributed by atoms with Crippen LogP contribution in [0.4, 0.5) is 0 Å². The summed E-state index contributed by atoms with van der Waals surface area (Å²) in [6, 6.07) is 7.96. The number of unbranched alkanes of at least 4 members (excludes halogenated alkanes) is 1. The summed E-state index contributed by atoms with van der Waals surface area (Å²) in [5.74, 6) is 1.10. The SMILES string of the molecule is C=C(Br)CC1(CCCCOCc2ccc(OC)cc2)C=CC(=O)CC1. The molecule has 0 aromatic heterocycles. The predicted molar refractivity (Wildman–Crippen MR) is 105 cm³/mol. The van der Waals surface area contributed by atoms with E-state index in [2.05, 4.69) is 28.6 Å². The molecule has 0 saturated carbocycles. The maximum Gasteiger partial charge on any atom is 0.155 e.